The summed E-state index contributed by atoms with van der Waals surface area (Å²) in [5.74, 6) is 3.39. The van der Waals surface area contributed by atoms with Crippen LogP contribution in [-0.2, 0) is 0 Å². The van der Waals surface area contributed by atoms with Crippen molar-refractivity contribution in [3.8, 4) is 5.75 Å². The molecule has 0 bridgehead atoms. The zero-order chi connectivity index (χ0) is 10.8. The molecule has 1 nitrogen and oxygen atoms in total. The van der Waals surface area contributed by atoms with Gasteiger partial charge in [-0.3, -0.25) is 0 Å². The van der Waals surface area contributed by atoms with E-state index in [4.69, 9.17) is 4.74 Å². The average Bonchev–Trinajstić information content (AvgIpc) is 2.82. The highest BCUT2D eigenvalue weighted by molar-refractivity contribution is 7.99. The Bertz CT molecular complexity index is 484. The van der Waals surface area contributed by atoms with E-state index in [1.165, 1.54) is 22.9 Å². The zero-order valence-electron chi connectivity index (χ0n) is 9.06. The maximum absolute atomic E-state index is 6.07. The van der Waals surface area contributed by atoms with Crippen LogP contribution in [0.2, 0.25) is 0 Å². The fraction of sp³-hybridized carbons (Fsp3) is 0.286. The summed E-state index contributed by atoms with van der Waals surface area (Å²) >= 11 is 1.98. The Balaban J connectivity index is 1.96. The van der Waals surface area contributed by atoms with Crippen molar-refractivity contribution in [2.45, 2.75) is 12.5 Å². The molecule has 82 valence electrons. The summed E-state index contributed by atoms with van der Waals surface area (Å²) in [5, 5.41) is 2.48. The van der Waals surface area contributed by atoms with Crippen molar-refractivity contribution in [1.29, 1.82) is 0 Å². The van der Waals surface area contributed by atoms with E-state index in [2.05, 4.69) is 42.5 Å². The molecule has 0 amide bonds. The Kier molecular flexibility index (Phi) is 2.75. The molecule has 1 aliphatic rings. The smallest absolute Gasteiger partial charge is 0.127 e. The molecule has 1 atom stereocenters. The van der Waals surface area contributed by atoms with Gasteiger partial charge in [-0.2, -0.15) is 11.8 Å². The van der Waals surface area contributed by atoms with Crippen LogP contribution in [0.3, 0.4) is 0 Å². The molecule has 0 aliphatic carbocycles. The molecule has 2 heteroatoms. The van der Waals surface area contributed by atoms with E-state index in [1.54, 1.807) is 0 Å². The Labute approximate surface area is 99.8 Å². The third-order valence-electron chi connectivity index (χ3n) is 2.93. The lowest BCUT2D eigenvalue weighted by atomic mass is 10.1. The molecular weight excluding hydrogens is 216 g/mol. The van der Waals surface area contributed by atoms with Gasteiger partial charge in [0.15, 0.2) is 0 Å². The standard InChI is InChI=1S/C14H14OS/c1-2-6-13-11(4-1)5-3-7-14(13)15-12-8-9-16-10-12/h1-7,12H,8-10H2. The number of thioether (sulfide) groups is 1. The summed E-state index contributed by atoms with van der Waals surface area (Å²) in [6.45, 7) is 0. The second-order valence-electron chi connectivity index (χ2n) is 4.08. The van der Waals surface area contributed by atoms with Gasteiger partial charge < -0.3 is 4.74 Å². The van der Waals surface area contributed by atoms with Crippen molar-refractivity contribution in [1.82, 2.24) is 0 Å². The topological polar surface area (TPSA) is 9.23 Å². The van der Waals surface area contributed by atoms with Crippen LogP contribution in [0.5, 0.6) is 5.75 Å². The van der Waals surface area contributed by atoms with Crippen molar-refractivity contribution < 1.29 is 4.74 Å². The average molecular weight is 230 g/mol. The van der Waals surface area contributed by atoms with E-state index in [-0.39, 0.29) is 0 Å². The van der Waals surface area contributed by atoms with Gasteiger partial charge in [0, 0.05) is 11.1 Å². The quantitative estimate of drug-likeness (QED) is 0.777. The minimum absolute atomic E-state index is 0.399. The fourth-order valence-corrected chi connectivity index (χ4v) is 3.18. The maximum Gasteiger partial charge on any atom is 0.127 e. The third-order valence-corrected chi connectivity index (χ3v) is 4.06. The summed E-state index contributed by atoms with van der Waals surface area (Å²) in [6, 6.07) is 14.7. The van der Waals surface area contributed by atoms with Gasteiger partial charge in [-0.1, -0.05) is 36.4 Å². The maximum atomic E-state index is 6.07. The summed E-state index contributed by atoms with van der Waals surface area (Å²) < 4.78 is 6.07. The van der Waals surface area contributed by atoms with Gasteiger partial charge in [-0.05, 0) is 23.6 Å². The first-order valence-electron chi connectivity index (χ1n) is 5.66. The Morgan fingerprint density at radius 2 is 1.94 bits per heavy atom. The van der Waals surface area contributed by atoms with Gasteiger partial charge in [0.1, 0.15) is 11.9 Å². The lowest BCUT2D eigenvalue weighted by Gasteiger charge is -2.14. The molecule has 1 heterocycles. The van der Waals surface area contributed by atoms with Crippen molar-refractivity contribution >= 4 is 22.5 Å². The lowest BCUT2D eigenvalue weighted by Crippen LogP contribution is -2.14. The molecule has 0 N–H and O–H groups in total. The number of ether oxygens (including phenoxy) is 1. The van der Waals surface area contributed by atoms with Crippen LogP contribution in [0.4, 0.5) is 0 Å². The van der Waals surface area contributed by atoms with Crippen LogP contribution >= 0.6 is 11.8 Å². The fourth-order valence-electron chi connectivity index (χ4n) is 2.08. The monoisotopic (exact) mass is 230 g/mol. The predicted octanol–water partition coefficient (Wildman–Crippen LogP) is 3.72. The van der Waals surface area contributed by atoms with Crippen molar-refractivity contribution in [2.24, 2.45) is 0 Å². The van der Waals surface area contributed by atoms with E-state index in [0.717, 1.165) is 11.5 Å². The minimum atomic E-state index is 0.399. The second kappa shape index (κ2) is 4.38. The van der Waals surface area contributed by atoms with Crippen LogP contribution in [-0.4, -0.2) is 17.6 Å². The van der Waals surface area contributed by atoms with Crippen LogP contribution in [0.15, 0.2) is 42.5 Å². The molecule has 1 fully saturated rings. The van der Waals surface area contributed by atoms with Crippen molar-refractivity contribution in [3.63, 3.8) is 0 Å². The number of rotatable bonds is 2. The van der Waals surface area contributed by atoms with E-state index in [0.29, 0.717) is 6.10 Å². The molecule has 1 aliphatic heterocycles. The molecule has 2 aromatic carbocycles. The molecule has 1 unspecified atom stereocenters. The molecule has 16 heavy (non-hydrogen) atoms. The van der Waals surface area contributed by atoms with E-state index in [9.17, 15) is 0 Å². The summed E-state index contributed by atoms with van der Waals surface area (Å²) in [4.78, 5) is 0. The van der Waals surface area contributed by atoms with Gasteiger partial charge in [0.25, 0.3) is 0 Å². The van der Waals surface area contributed by atoms with Gasteiger partial charge in [-0.15, -0.1) is 0 Å². The van der Waals surface area contributed by atoms with Crippen LogP contribution in [0.25, 0.3) is 10.8 Å². The predicted molar refractivity (Wildman–Crippen MR) is 70.3 cm³/mol. The Hall–Kier alpha value is -1.15. The molecule has 3 rings (SSSR count). The highest BCUT2D eigenvalue weighted by Gasteiger charge is 2.17. The highest BCUT2D eigenvalue weighted by atomic mass is 32.2. The molecule has 0 saturated carbocycles. The molecule has 1 saturated heterocycles. The van der Waals surface area contributed by atoms with Crippen molar-refractivity contribution in [2.75, 3.05) is 11.5 Å². The first-order valence-corrected chi connectivity index (χ1v) is 6.81. The summed E-state index contributed by atoms with van der Waals surface area (Å²) in [6.07, 6.45) is 1.57. The second-order valence-corrected chi connectivity index (χ2v) is 5.23. The molecule has 0 spiro atoms. The Morgan fingerprint density at radius 1 is 1.06 bits per heavy atom. The molecular formula is C14H14OS. The van der Waals surface area contributed by atoms with Gasteiger partial charge in [0.05, 0.1) is 0 Å². The van der Waals surface area contributed by atoms with Gasteiger partial charge >= 0.3 is 0 Å². The molecule has 2 aromatic rings. The van der Waals surface area contributed by atoms with Crippen LogP contribution in [0.1, 0.15) is 6.42 Å². The molecule has 0 radical (unpaired) electrons. The highest BCUT2D eigenvalue weighted by Crippen LogP contribution is 2.29. The van der Waals surface area contributed by atoms with Crippen molar-refractivity contribution in [3.05, 3.63) is 42.5 Å². The van der Waals surface area contributed by atoms with Gasteiger partial charge in [0.2, 0.25) is 0 Å². The lowest BCUT2D eigenvalue weighted by molar-refractivity contribution is 0.232. The normalized spacial score (nSPS) is 20.1. The minimum Gasteiger partial charge on any atom is -0.489 e. The Morgan fingerprint density at radius 3 is 2.81 bits per heavy atom. The summed E-state index contributed by atoms with van der Waals surface area (Å²) in [7, 11) is 0. The number of hydrogen-bond acceptors (Lipinski definition) is 2. The van der Waals surface area contributed by atoms with Crippen LogP contribution < -0.4 is 4.74 Å². The number of hydrogen-bond donors (Lipinski definition) is 0. The van der Waals surface area contributed by atoms with E-state index in [1.807, 2.05) is 11.8 Å². The largest absolute Gasteiger partial charge is 0.489 e. The zero-order valence-corrected chi connectivity index (χ0v) is 9.87. The number of benzene rings is 2. The van der Waals surface area contributed by atoms with E-state index >= 15 is 0 Å². The third kappa shape index (κ3) is 1.90. The first-order chi connectivity index (χ1) is 7.93. The summed E-state index contributed by atoms with van der Waals surface area (Å²) in [5.41, 5.74) is 0. The van der Waals surface area contributed by atoms with Crippen LogP contribution in [0, 0.1) is 0 Å². The number of fused-ring (bicyclic) bond motifs is 1. The first kappa shape index (κ1) is 10.0. The van der Waals surface area contributed by atoms with E-state index < -0.39 is 0 Å². The SMILES string of the molecule is c1ccc2c(OC3CCSC3)cccc2c1. The molecule has 0 aromatic heterocycles. The van der Waals surface area contributed by atoms with Gasteiger partial charge in [-0.25, -0.2) is 0 Å².